The fourth-order valence-corrected chi connectivity index (χ4v) is 3.57. The average molecular weight is 338 g/mol. The highest BCUT2D eigenvalue weighted by Crippen LogP contribution is 2.36. The van der Waals surface area contributed by atoms with Crippen LogP contribution in [0.25, 0.3) is 43.8 Å². The van der Waals surface area contributed by atoms with Crippen molar-refractivity contribution in [2.45, 2.75) is 0 Å². The molecule has 0 saturated heterocycles. The summed E-state index contributed by atoms with van der Waals surface area (Å²) in [4.78, 5) is 0. The van der Waals surface area contributed by atoms with Gasteiger partial charge in [-0.15, -0.1) is 0 Å². The van der Waals surface area contributed by atoms with Crippen molar-refractivity contribution < 1.29 is 14.5 Å². The Bertz CT molecular complexity index is 1250. The van der Waals surface area contributed by atoms with Gasteiger partial charge in [0.2, 0.25) is 0 Å². The summed E-state index contributed by atoms with van der Waals surface area (Å²) in [5.74, 6) is 0. The summed E-state index contributed by atoms with van der Waals surface area (Å²) < 4.78 is 6.04. The first-order chi connectivity index (χ1) is 12.7. The summed E-state index contributed by atoms with van der Waals surface area (Å²) in [6.07, 6.45) is 0. The van der Waals surface area contributed by atoms with Gasteiger partial charge in [-0.2, -0.15) is 0 Å². The largest absolute Gasteiger partial charge is 0.488 e. The average Bonchev–Trinajstić information content (AvgIpc) is 3.06. The van der Waals surface area contributed by atoms with Crippen molar-refractivity contribution in [3.63, 3.8) is 0 Å². The normalized spacial score (nSPS) is 11.5. The summed E-state index contributed by atoms with van der Waals surface area (Å²) in [6, 6.07) is 25.8. The summed E-state index contributed by atoms with van der Waals surface area (Å²) in [6.45, 7) is 0. The van der Waals surface area contributed by atoms with Crippen LogP contribution in [0.2, 0.25) is 0 Å². The summed E-state index contributed by atoms with van der Waals surface area (Å²) in [7, 11) is -1.45. The predicted octanol–water partition coefficient (Wildman–Crippen LogP) is 4.09. The van der Waals surface area contributed by atoms with E-state index < -0.39 is 7.12 Å². The highest BCUT2D eigenvalue weighted by Gasteiger charge is 2.13. The van der Waals surface area contributed by atoms with Gasteiger partial charge in [-0.25, -0.2) is 0 Å². The molecule has 5 rings (SSSR count). The van der Waals surface area contributed by atoms with Crippen LogP contribution in [0.5, 0.6) is 0 Å². The van der Waals surface area contributed by atoms with Crippen molar-refractivity contribution in [1.29, 1.82) is 0 Å². The SMILES string of the molecule is OB(O)c1ccc(-c2ccc3oc4ccc5ccccc5c4c3c2)cc1. The van der Waals surface area contributed by atoms with E-state index in [0.717, 1.165) is 33.1 Å². The Hall–Kier alpha value is -3.08. The Morgan fingerprint density at radius 2 is 1.38 bits per heavy atom. The lowest BCUT2D eigenvalue weighted by Crippen LogP contribution is -2.29. The molecule has 3 nitrogen and oxygen atoms in total. The lowest BCUT2D eigenvalue weighted by atomic mass is 9.80. The van der Waals surface area contributed by atoms with Gasteiger partial charge < -0.3 is 14.5 Å². The molecule has 0 saturated carbocycles. The van der Waals surface area contributed by atoms with Gasteiger partial charge in [-0.3, -0.25) is 0 Å². The highest BCUT2D eigenvalue weighted by molar-refractivity contribution is 6.58. The van der Waals surface area contributed by atoms with Crippen molar-refractivity contribution in [2.75, 3.05) is 0 Å². The monoisotopic (exact) mass is 338 g/mol. The molecule has 4 heteroatoms. The van der Waals surface area contributed by atoms with E-state index in [1.807, 2.05) is 42.5 Å². The van der Waals surface area contributed by atoms with Crippen LogP contribution < -0.4 is 5.46 Å². The topological polar surface area (TPSA) is 53.6 Å². The third-order valence-corrected chi connectivity index (χ3v) is 4.90. The van der Waals surface area contributed by atoms with Crippen LogP contribution in [0, 0.1) is 0 Å². The molecule has 1 aromatic heterocycles. The van der Waals surface area contributed by atoms with E-state index in [4.69, 9.17) is 4.42 Å². The number of fused-ring (bicyclic) bond motifs is 5. The van der Waals surface area contributed by atoms with Crippen molar-refractivity contribution in [2.24, 2.45) is 0 Å². The molecule has 26 heavy (non-hydrogen) atoms. The quantitative estimate of drug-likeness (QED) is 0.477. The molecule has 0 aliphatic carbocycles. The molecule has 0 bridgehead atoms. The molecular weight excluding hydrogens is 323 g/mol. The Kier molecular flexibility index (Phi) is 3.35. The second-order valence-corrected chi connectivity index (χ2v) is 6.47. The highest BCUT2D eigenvalue weighted by atomic mass is 16.4. The zero-order valence-electron chi connectivity index (χ0n) is 13.9. The van der Waals surface area contributed by atoms with E-state index in [-0.39, 0.29) is 0 Å². The van der Waals surface area contributed by atoms with E-state index in [1.165, 1.54) is 10.8 Å². The minimum atomic E-state index is -1.45. The summed E-state index contributed by atoms with van der Waals surface area (Å²) in [5, 5.41) is 23.1. The van der Waals surface area contributed by atoms with Crippen LogP contribution >= 0.6 is 0 Å². The molecule has 5 aromatic rings. The van der Waals surface area contributed by atoms with Gasteiger partial charge in [0.15, 0.2) is 0 Å². The molecule has 0 atom stereocenters. The summed E-state index contributed by atoms with van der Waals surface area (Å²) >= 11 is 0. The first-order valence-corrected chi connectivity index (χ1v) is 8.51. The maximum absolute atomic E-state index is 9.26. The molecule has 0 unspecified atom stereocenters. The molecule has 0 spiro atoms. The van der Waals surface area contributed by atoms with Crippen molar-refractivity contribution in [1.82, 2.24) is 0 Å². The van der Waals surface area contributed by atoms with Gasteiger partial charge in [0, 0.05) is 10.8 Å². The molecule has 0 aliphatic heterocycles. The standard InChI is InChI=1S/C22H15BO3/c24-23(25)17-9-5-14(6-10-17)16-8-11-20-19(13-16)22-18-4-2-1-3-15(18)7-12-21(22)26-20/h1-13,24-25H. The number of benzene rings is 4. The zero-order chi connectivity index (χ0) is 17.7. The summed E-state index contributed by atoms with van der Waals surface area (Å²) in [5.41, 5.74) is 4.31. The number of hydrogen-bond donors (Lipinski definition) is 2. The van der Waals surface area contributed by atoms with Crippen LogP contribution in [-0.4, -0.2) is 17.2 Å². The van der Waals surface area contributed by atoms with Crippen LogP contribution in [0.3, 0.4) is 0 Å². The van der Waals surface area contributed by atoms with Gasteiger partial charge in [0.25, 0.3) is 0 Å². The van der Waals surface area contributed by atoms with Crippen LogP contribution in [0.4, 0.5) is 0 Å². The maximum atomic E-state index is 9.26. The van der Waals surface area contributed by atoms with Gasteiger partial charge >= 0.3 is 7.12 Å². The lowest BCUT2D eigenvalue weighted by molar-refractivity contribution is 0.426. The maximum Gasteiger partial charge on any atom is 0.488 e. The fourth-order valence-electron chi connectivity index (χ4n) is 3.57. The smallest absolute Gasteiger partial charge is 0.456 e. The minimum absolute atomic E-state index is 0.481. The lowest BCUT2D eigenvalue weighted by Gasteiger charge is -2.04. The molecule has 2 N–H and O–H groups in total. The predicted molar refractivity (Wildman–Crippen MR) is 106 cm³/mol. The van der Waals surface area contributed by atoms with E-state index in [0.29, 0.717) is 5.46 Å². The Morgan fingerprint density at radius 1 is 0.654 bits per heavy atom. The van der Waals surface area contributed by atoms with Gasteiger partial charge in [-0.1, -0.05) is 60.7 Å². The number of rotatable bonds is 2. The van der Waals surface area contributed by atoms with E-state index in [2.05, 4.69) is 24.3 Å². The fraction of sp³-hybridized carbons (Fsp3) is 0. The van der Waals surface area contributed by atoms with Crippen molar-refractivity contribution >= 4 is 45.3 Å². The second kappa shape index (κ2) is 5.73. The van der Waals surface area contributed by atoms with Crippen molar-refractivity contribution in [3.05, 3.63) is 78.9 Å². The van der Waals surface area contributed by atoms with Gasteiger partial charge in [0.1, 0.15) is 11.2 Å². The molecule has 4 aromatic carbocycles. The van der Waals surface area contributed by atoms with Crippen LogP contribution in [0.1, 0.15) is 0 Å². The van der Waals surface area contributed by atoms with E-state index in [1.54, 1.807) is 12.1 Å². The van der Waals surface area contributed by atoms with E-state index in [9.17, 15) is 10.0 Å². The molecule has 1 heterocycles. The minimum Gasteiger partial charge on any atom is -0.456 e. The van der Waals surface area contributed by atoms with Crippen LogP contribution in [0.15, 0.2) is 83.3 Å². The van der Waals surface area contributed by atoms with Crippen molar-refractivity contribution in [3.8, 4) is 11.1 Å². The van der Waals surface area contributed by atoms with Gasteiger partial charge in [0.05, 0.1) is 0 Å². The Morgan fingerprint density at radius 3 is 2.19 bits per heavy atom. The zero-order valence-corrected chi connectivity index (χ0v) is 13.9. The third-order valence-electron chi connectivity index (χ3n) is 4.90. The number of furan rings is 1. The molecule has 0 radical (unpaired) electrons. The Balaban J connectivity index is 1.75. The first-order valence-electron chi connectivity index (χ1n) is 8.51. The molecule has 124 valence electrons. The molecule has 0 fully saturated rings. The second-order valence-electron chi connectivity index (χ2n) is 6.47. The van der Waals surface area contributed by atoms with E-state index >= 15 is 0 Å². The molecule has 0 aliphatic rings. The van der Waals surface area contributed by atoms with Crippen LogP contribution in [-0.2, 0) is 0 Å². The molecular formula is C22H15BO3. The van der Waals surface area contributed by atoms with Gasteiger partial charge in [-0.05, 0) is 45.6 Å². The third kappa shape index (κ3) is 2.31. The first kappa shape index (κ1) is 15.2. The Labute approximate surface area is 150 Å². The number of hydrogen-bond acceptors (Lipinski definition) is 3. The molecule has 0 amide bonds.